The molecule has 2 atom stereocenters. The Morgan fingerprint density at radius 1 is 1.07 bits per heavy atom. The van der Waals surface area contributed by atoms with E-state index in [2.05, 4.69) is 34.3 Å². The Morgan fingerprint density at radius 2 is 1.75 bits per heavy atom. The largest absolute Gasteiger partial charge is 0.372 e. The number of rotatable bonds is 4. The first kappa shape index (κ1) is 18.3. The van der Waals surface area contributed by atoms with Crippen molar-refractivity contribution < 1.29 is 9.53 Å². The molecule has 1 aliphatic rings. The fraction of sp³-hybridized carbons (Fsp3) is 0.273. The van der Waals surface area contributed by atoms with E-state index in [0.29, 0.717) is 5.69 Å². The second-order valence-electron chi connectivity index (χ2n) is 7.20. The summed E-state index contributed by atoms with van der Waals surface area (Å²) in [6, 6.07) is 19.4. The van der Waals surface area contributed by atoms with Gasteiger partial charge in [-0.05, 0) is 44.2 Å². The van der Waals surface area contributed by atoms with E-state index >= 15 is 0 Å². The molecule has 1 fully saturated rings. The number of carbonyl (C=O) groups is 1. The summed E-state index contributed by atoms with van der Waals surface area (Å²) in [6.07, 6.45) is 0.421. The highest BCUT2D eigenvalue weighted by Gasteiger charge is 2.22. The summed E-state index contributed by atoms with van der Waals surface area (Å²) in [4.78, 5) is 14.8. The van der Waals surface area contributed by atoms with Crippen LogP contribution in [0, 0.1) is 0 Å². The molecular weight excluding hydrogens is 352 g/mol. The summed E-state index contributed by atoms with van der Waals surface area (Å²) in [5, 5.41) is 9.96. The molecule has 1 saturated heterocycles. The van der Waals surface area contributed by atoms with Crippen molar-refractivity contribution >= 4 is 17.3 Å². The monoisotopic (exact) mass is 376 g/mol. The van der Waals surface area contributed by atoms with Gasteiger partial charge in [0.25, 0.3) is 5.91 Å². The van der Waals surface area contributed by atoms with Crippen LogP contribution in [-0.4, -0.2) is 41.4 Å². The fourth-order valence-corrected chi connectivity index (χ4v) is 3.54. The van der Waals surface area contributed by atoms with Crippen LogP contribution in [0.25, 0.3) is 11.3 Å². The number of morpholine rings is 1. The molecule has 144 valence electrons. The summed E-state index contributed by atoms with van der Waals surface area (Å²) < 4.78 is 5.79. The molecule has 2 aromatic carbocycles. The molecule has 0 aliphatic carbocycles. The lowest BCUT2D eigenvalue weighted by Crippen LogP contribution is -2.45. The van der Waals surface area contributed by atoms with E-state index in [4.69, 9.17) is 4.74 Å². The van der Waals surface area contributed by atoms with Gasteiger partial charge in [0.2, 0.25) is 0 Å². The maximum Gasteiger partial charge on any atom is 0.273 e. The Balaban J connectivity index is 1.42. The Morgan fingerprint density at radius 3 is 2.43 bits per heavy atom. The number of hydrogen-bond acceptors (Lipinski definition) is 4. The lowest BCUT2D eigenvalue weighted by Gasteiger charge is -2.36. The van der Waals surface area contributed by atoms with Crippen LogP contribution < -0.4 is 10.2 Å². The standard InChI is InChI=1S/C22H24N4O2/c1-15-13-26(14-16(2)28-15)19-10-8-18(9-11-19)23-22(27)21-12-20(24-25-21)17-6-4-3-5-7-17/h3-12,15-16H,13-14H2,1-2H3,(H,23,27)(H,24,25). The number of ether oxygens (including phenoxy) is 1. The number of H-pyrrole nitrogens is 1. The Kier molecular flexibility index (Phi) is 5.12. The zero-order valence-electron chi connectivity index (χ0n) is 16.1. The molecule has 2 unspecified atom stereocenters. The first-order chi connectivity index (χ1) is 13.6. The molecule has 1 aromatic heterocycles. The lowest BCUT2D eigenvalue weighted by molar-refractivity contribution is -0.00521. The van der Waals surface area contributed by atoms with Crippen molar-refractivity contribution in [2.75, 3.05) is 23.3 Å². The van der Waals surface area contributed by atoms with Gasteiger partial charge in [-0.25, -0.2) is 0 Å². The average molecular weight is 376 g/mol. The predicted molar refractivity (Wildman–Crippen MR) is 111 cm³/mol. The molecule has 2 N–H and O–H groups in total. The van der Waals surface area contributed by atoms with Gasteiger partial charge >= 0.3 is 0 Å². The van der Waals surface area contributed by atoms with Crippen LogP contribution in [0.1, 0.15) is 24.3 Å². The topological polar surface area (TPSA) is 70.2 Å². The van der Waals surface area contributed by atoms with Crippen molar-refractivity contribution in [3.63, 3.8) is 0 Å². The second-order valence-corrected chi connectivity index (χ2v) is 7.20. The number of carbonyl (C=O) groups excluding carboxylic acids is 1. The minimum absolute atomic E-state index is 0.210. The van der Waals surface area contributed by atoms with Gasteiger partial charge in [0.05, 0.1) is 17.9 Å². The number of hydrogen-bond donors (Lipinski definition) is 2. The molecule has 6 nitrogen and oxygen atoms in total. The summed E-state index contributed by atoms with van der Waals surface area (Å²) in [5.41, 5.74) is 4.03. The van der Waals surface area contributed by atoms with Gasteiger partial charge in [0, 0.05) is 30.0 Å². The maximum atomic E-state index is 12.5. The number of benzene rings is 2. The molecule has 0 saturated carbocycles. The zero-order chi connectivity index (χ0) is 19.5. The van der Waals surface area contributed by atoms with Crippen LogP contribution in [0.15, 0.2) is 60.7 Å². The van der Waals surface area contributed by atoms with Crippen LogP contribution in [0.2, 0.25) is 0 Å². The van der Waals surface area contributed by atoms with Crippen molar-refractivity contribution in [2.24, 2.45) is 0 Å². The van der Waals surface area contributed by atoms with Gasteiger partial charge in [-0.15, -0.1) is 0 Å². The molecule has 2 heterocycles. The van der Waals surface area contributed by atoms with Crippen LogP contribution in [0.4, 0.5) is 11.4 Å². The molecule has 6 heteroatoms. The van der Waals surface area contributed by atoms with Gasteiger partial charge in [0.15, 0.2) is 0 Å². The third-order valence-electron chi connectivity index (χ3n) is 4.80. The molecular formula is C22H24N4O2. The predicted octanol–water partition coefficient (Wildman–Crippen LogP) is 3.94. The minimum Gasteiger partial charge on any atom is -0.372 e. The van der Waals surface area contributed by atoms with E-state index in [-0.39, 0.29) is 18.1 Å². The second kappa shape index (κ2) is 7.86. The van der Waals surface area contributed by atoms with Gasteiger partial charge in [-0.3, -0.25) is 9.89 Å². The molecule has 0 bridgehead atoms. The van der Waals surface area contributed by atoms with E-state index in [1.165, 1.54) is 0 Å². The van der Waals surface area contributed by atoms with Crippen molar-refractivity contribution in [3.05, 3.63) is 66.4 Å². The van der Waals surface area contributed by atoms with E-state index in [9.17, 15) is 4.79 Å². The first-order valence-electron chi connectivity index (χ1n) is 9.51. The van der Waals surface area contributed by atoms with Gasteiger partial charge < -0.3 is 15.0 Å². The van der Waals surface area contributed by atoms with E-state index in [1.807, 2.05) is 54.6 Å². The van der Waals surface area contributed by atoms with Crippen LogP contribution >= 0.6 is 0 Å². The molecule has 28 heavy (non-hydrogen) atoms. The van der Waals surface area contributed by atoms with E-state index in [0.717, 1.165) is 35.7 Å². The highest BCUT2D eigenvalue weighted by Crippen LogP contribution is 2.23. The number of amides is 1. The normalized spacial score (nSPS) is 19.4. The molecule has 1 aliphatic heterocycles. The van der Waals surface area contributed by atoms with E-state index < -0.39 is 0 Å². The number of aromatic amines is 1. The SMILES string of the molecule is CC1CN(c2ccc(NC(=O)c3cc(-c4ccccc4)n[nH]3)cc2)CC(C)O1. The highest BCUT2D eigenvalue weighted by atomic mass is 16.5. The van der Waals surface area contributed by atoms with Crippen LogP contribution in [0.3, 0.4) is 0 Å². The summed E-state index contributed by atoms with van der Waals surface area (Å²) >= 11 is 0. The van der Waals surface area contributed by atoms with Gasteiger partial charge in [0.1, 0.15) is 5.69 Å². The third kappa shape index (κ3) is 4.07. The highest BCUT2D eigenvalue weighted by molar-refractivity contribution is 6.03. The minimum atomic E-state index is -0.212. The van der Waals surface area contributed by atoms with Crippen LogP contribution in [0.5, 0.6) is 0 Å². The van der Waals surface area contributed by atoms with Crippen molar-refractivity contribution in [1.29, 1.82) is 0 Å². The third-order valence-corrected chi connectivity index (χ3v) is 4.80. The smallest absolute Gasteiger partial charge is 0.273 e. The summed E-state index contributed by atoms with van der Waals surface area (Å²) in [5.74, 6) is -0.212. The van der Waals surface area contributed by atoms with Crippen molar-refractivity contribution in [2.45, 2.75) is 26.1 Å². The zero-order valence-corrected chi connectivity index (χ0v) is 16.1. The Bertz CT molecular complexity index is 927. The molecule has 0 radical (unpaired) electrons. The summed E-state index contributed by atoms with van der Waals surface area (Å²) in [6.45, 7) is 5.91. The number of nitrogens with one attached hydrogen (secondary N) is 2. The molecule has 0 spiro atoms. The fourth-order valence-electron chi connectivity index (χ4n) is 3.54. The Hall–Kier alpha value is -3.12. The van der Waals surface area contributed by atoms with E-state index in [1.54, 1.807) is 6.07 Å². The van der Waals surface area contributed by atoms with Gasteiger partial charge in [-0.1, -0.05) is 30.3 Å². The molecule has 1 amide bonds. The first-order valence-corrected chi connectivity index (χ1v) is 9.51. The molecule has 4 rings (SSSR count). The number of anilines is 2. The quantitative estimate of drug-likeness (QED) is 0.723. The maximum absolute atomic E-state index is 12.5. The lowest BCUT2D eigenvalue weighted by atomic mass is 10.1. The number of nitrogens with zero attached hydrogens (tertiary/aromatic N) is 2. The van der Waals surface area contributed by atoms with Crippen molar-refractivity contribution in [3.8, 4) is 11.3 Å². The van der Waals surface area contributed by atoms with Crippen molar-refractivity contribution in [1.82, 2.24) is 10.2 Å². The summed E-state index contributed by atoms with van der Waals surface area (Å²) in [7, 11) is 0. The Labute approximate surface area is 164 Å². The van der Waals surface area contributed by atoms with Gasteiger partial charge in [-0.2, -0.15) is 5.10 Å². The number of aromatic nitrogens is 2. The molecule has 3 aromatic rings. The van der Waals surface area contributed by atoms with Crippen LogP contribution in [-0.2, 0) is 4.74 Å². The average Bonchev–Trinajstić information content (AvgIpc) is 3.19.